The summed E-state index contributed by atoms with van der Waals surface area (Å²) in [6, 6.07) is 0.383. The summed E-state index contributed by atoms with van der Waals surface area (Å²) < 4.78 is 5.31. The molecular weight excluding hydrogens is 178 g/mol. The summed E-state index contributed by atoms with van der Waals surface area (Å²) in [5.74, 6) is 0.767. The van der Waals surface area contributed by atoms with Crippen LogP contribution in [0.25, 0.3) is 0 Å². The van der Waals surface area contributed by atoms with Crippen molar-refractivity contribution in [3.8, 4) is 0 Å². The lowest BCUT2D eigenvalue weighted by Crippen LogP contribution is -2.37. The van der Waals surface area contributed by atoms with E-state index in [1.807, 2.05) is 18.7 Å². The van der Waals surface area contributed by atoms with Crippen LogP contribution in [0.4, 0.5) is 0 Å². The molecule has 3 nitrogen and oxygen atoms in total. The van der Waals surface area contributed by atoms with Crippen molar-refractivity contribution < 1.29 is 9.53 Å². The Bertz CT molecular complexity index is 203. The summed E-state index contributed by atoms with van der Waals surface area (Å²) in [6.07, 6.45) is 1.25. The number of likely N-dealkylation sites (tertiary alicyclic amines) is 1. The van der Waals surface area contributed by atoms with E-state index in [0.717, 1.165) is 13.0 Å². The van der Waals surface area contributed by atoms with Gasteiger partial charge in [0.2, 0.25) is 5.91 Å². The highest BCUT2D eigenvalue weighted by Crippen LogP contribution is 2.22. The highest BCUT2D eigenvalue weighted by Gasteiger charge is 2.29. The molecule has 2 unspecified atom stereocenters. The van der Waals surface area contributed by atoms with E-state index in [1.54, 1.807) is 0 Å². The van der Waals surface area contributed by atoms with Gasteiger partial charge in [-0.1, -0.05) is 6.92 Å². The Hall–Kier alpha value is -0.570. The molecular formula is C11H21NO2. The van der Waals surface area contributed by atoms with E-state index < -0.39 is 0 Å². The fourth-order valence-electron chi connectivity index (χ4n) is 1.97. The summed E-state index contributed by atoms with van der Waals surface area (Å²) in [6.45, 7) is 9.31. The van der Waals surface area contributed by atoms with Gasteiger partial charge in [0.15, 0.2) is 0 Å². The topological polar surface area (TPSA) is 29.5 Å². The quantitative estimate of drug-likeness (QED) is 0.692. The first kappa shape index (κ1) is 11.5. The van der Waals surface area contributed by atoms with E-state index in [9.17, 15) is 4.79 Å². The number of rotatable bonds is 3. The van der Waals surface area contributed by atoms with Crippen molar-refractivity contribution in [3.63, 3.8) is 0 Å². The largest absolute Gasteiger partial charge is 0.369 e. The average Bonchev–Trinajstić information content (AvgIpc) is 2.41. The van der Waals surface area contributed by atoms with Gasteiger partial charge in [0.05, 0.1) is 6.10 Å². The molecule has 0 saturated carbocycles. The molecule has 1 aliphatic rings. The lowest BCUT2D eigenvalue weighted by atomic mass is 10.1. The first-order valence-electron chi connectivity index (χ1n) is 5.41. The van der Waals surface area contributed by atoms with Gasteiger partial charge >= 0.3 is 0 Å². The van der Waals surface area contributed by atoms with Crippen LogP contribution in [0, 0.1) is 5.92 Å². The van der Waals surface area contributed by atoms with Crippen LogP contribution in [-0.4, -0.2) is 36.1 Å². The maximum Gasteiger partial charge on any atom is 0.248 e. The Kier molecular flexibility index (Phi) is 3.93. The van der Waals surface area contributed by atoms with E-state index in [1.165, 1.54) is 0 Å². The summed E-state index contributed by atoms with van der Waals surface area (Å²) in [5, 5.41) is 0. The van der Waals surface area contributed by atoms with Crippen LogP contribution >= 0.6 is 0 Å². The molecule has 1 fully saturated rings. The molecule has 0 spiro atoms. The smallest absolute Gasteiger partial charge is 0.248 e. The molecule has 0 N–H and O–H groups in total. The predicted octanol–water partition coefficient (Wildman–Crippen LogP) is 1.67. The summed E-state index contributed by atoms with van der Waals surface area (Å²) in [4.78, 5) is 13.6. The van der Waals surface area contributed by atoms with Gasteiger partial charge in [0.1, 0.15) is 6.61 Å². The number of hydrogen-bond donors (Lipinski definition) is 0. The molecule has 0 aliphatic carbocycles. The van der Waals surface area contributed by atoms with E-state index in [0.29, 0.717) is 12.0 Å². The Balaban J connectivity index is 2.37. The SMILES string of the molecule is CC1CC(C)N(C(=O)COC(C)C)C1. The number of carbonyl (C=O) groups excluding carboxylic acids is 1. The van der Waals surface area contributed by atoms with Crippen LogP contribution in [0.15, 0.2) is 0 Å². The number of hydrogen-bond acceptors (Lipinski definition) is 2. The van der Waals surface area contributed by atoms with Crippen LogP contribution in [0.1, 0.15) is 34.1 Å². The van der Waals surface area contributed by atoms with E-state index in [-0.39, 0.29) is 18.6 Å². The molecule has 0 aromatic heterocycles. The lowest BCUT2D eigenvalue weighted by Gasteiger charge is -2.21. The van der Waals surface area contributed by atoms with Crippen LogP contribution < -0.4 is 0 Å². The Labute approximate surface area is 86.4 Å². The van der Waals surface area contributed by atoms with Gasteiger partial charge in [0, 0.05) is 12.6 Å². The molecule has 3 heteroatoms. The lowest BCUT2D eigenvalue weighted by molar-refractivity contribution is -0.138. The molecule has 2 atom stereocenters. The summed E-state index contributed by atoms with van der Waals surface area (Å²) in [5.41, 5.74) is 0. The summed E-state index contributed by atoms with van der Waals surface area (Å²) in [7, 11) is 0. The molecule has 1 amide bonds. The molecule has 0 aromatic rings. The minimum absolute atomic E-state index is 0.134. The number of nitrogens with zero attached hydrogens (tertiary/aromatic N) is 1. The second kappa shape index (κ2) is 4.78. The second-order valence-corrected chi connectivity index (χ2v) is 4.60. The summed E-state index contributed by atoms with van der Waals surface area (Å²) >= 11 is 0. The number of amides is 1. The van der Waals surface area contributed by atoms with Gasteiger partial charge in [-0.15, -0.1) is 0 Å². The molecule has 14 heavy (non-hydrogen) atoms. The Morgan fingerprint density at radius 3 is 2.57 bits per heavy atom. The molecule has 82 valence electrons. The second-order valence-electron chi connectivity index (χ2n) is 4.60. The Morgan fingerprint density at radius 1 is 1.50 bits per heavy atom. The standard InChI is InChI=1S/C11H21NO2/c1-8(2)14-7-11(13)12-6-9(3)5-10(12)4/h8-10H,5-7H2,1-4H3. The zero-order valence-corrected chi connectivity index (χ0v) is 9.62. The van der Waals surface area contributed by atoms with Crippen molar-refractivity contribution in [3.05, 3.63) is 0 Å². The van der Waals surface area contributed by atoms with Gasteiger partial charge in [-0.05, 0) is 33.1 Å². The molecule has 1 heterocycles. The zero-order valence-electron chi connectivity index (χ0n) is 9.62. The predicted molar refractivity (Wildman–Crippen MR) is 56.0 cm³/mol. The highest BCUT2D eigenvalue weighted by molar-refractivity contribution is 5.78. The van der Waals surface area contributed by atoms with Crippen LogP contribution in [0.5, 0.6) is 0 Å². The fraction of sp³-hybridized carbons (Fsp3) is 0.909. The van der Waals surface area contributed by atoms with Crippen LogP contribution in [-0.2, 0) is 9.53 Å². The molecule has 1 saturated heterocycles. The normalized spacial score (nSPS) is 27.4. The minimum Gasteiger partial charge on any atom is -0.369 e. The zero-order chi connectivity index (χ0) is 10.7. The minimum atomic E-state index is 0.134. The van der Waals surface area contributed by atoms with Crippen molar-refractivity contribution in [2.24, 2.45) is 5.92 Å². The van der Waals surface area contributed by atoms with Crippen molar-refractivity contribution in [1.29, 1.82) is 0 Å². The molecule has 1 aliphatic heterocycles. The van der Waals surface area contributed by atoms with Gasteiger partial charge in [-0.2, -0.15) is 0 Å². The van der Waals surface area contributed by atoms with Gasteiger partial charge in [0.25, 0.3) is 0 Å². The highest BCUT2D eigenvalue weighted by atomic mass is 16.5. The van der Waals surface area contributed by atoms with E-state index in [2.05, 4.69) is 13.8 Å². The van der Waals surface area contributed by atoms with Crippen molar-refractivity contribution in [1.82, 2.24) is 4.90 Å². The third-order valence-corrected chi connectivity index (χ3v) is 2.64. The third kappa shape index (κ3) is 2.98. The van der Waals surface area contributed by atoms with Gasteiger partial charge < -0.3 is 9.64 Å². The molecule has 0 aromatic carbocycles. The maximum atomic E-state index is 11.7. The molecule has 0 radical (unpaired) electrons. The van der Waals surface area contributed by atoms with Crippen LogP contribution in [0.2, 0.25) is 0 Å². The number of carbonyl (C=O) groups is 1. The number of ether oxygens (including phenoxy) is 1. The Morgan fingerprint density at radius 2 is 2.14 bits per heavy atom. The monoisotopic (exact) mass is 199 g/mol. The maximum absolute atomic E-state index is 11.7. The van der Waals surface area contributed by atoms with Crippen molar-refractivity contribution >= 4 is 5.91 Å². The van der Waals surface area contributed by atoms with E-state index in [4.69, 9.17) is 4.74 Å². The fourth-order valence-corrected chi connectivity index (χ4v) is 1.97. The van der Waals surface area contributed by atoms with Gasteiger partial charge in [-0.25, -0.2) is 0 Å². The molecule has 0 bridgehead atoms. The van der Waals surface area contributed by atoms with Gasteiger partial charge in [-0.3, -0.25) is 4.79 Å². The van der Waals surface area contributed by atoms with E-state index >= 15 is 0 Å². The third-order valence-electron chi connectivity index (χ3n) is 2.64. The first-order valence-corrected chi connectivity index (χ1v) is 5.41. The van der Waals surface area contributed by atoms with Crippen LogP contribution in [0.3, 0.4) is 0 Å². The van der Waals surface area contributed by atoms with Crippen molar-refractivity contribution in [2.45, 2.75) is 46.3 Å². The van der Waals surface area contributed by atoms with Crippen molar-refractivity contribution in [2.75, 3.05) is 13.2 Å². The molecule has 1 rings (SSSR count). The average molecular weight is 199 g/mol. The first-order chi connectivity index (χ1) is 6.50.